The van der Waals surface area contributed by atoms with Gasteiger partial charge in [0.05, 0.1) is 36.3 Å². The van der Waals surface area contributed by atoms with Crippen molar-refractivity contribution in [1.82, 2.24) is 0 Å². The van der Waals surface area contributed by atoms with E-state index in [1.165, 1.54) is 6.92 Å². The maximum Gasteiger partial charge on any atom is 0.309 e. The molecule has 0 spiro atoms. The quantitative estimate of drug-likeness (QED) is 0.240. The van der Waals surface area contributed by atoms with Gasteiger partial charge in [-0.2, -0.15) is 0 Å². The predicted octanol–water partition coefficient (Wildman–Crippen LogP) is 5.19. The summed E-state index contributed by atoms with van der Waals surface area (Å²) in [6.45, 7) is 19.6. The zero-order chi connectivity index (χ0) is 33.7. The maximum absolute atomic E-state index is 13.4. The van der Waals surface area contributed by atoms with Gasteiger partial charge in [-0.3, -0.25) is 9.59 Å². The topological polar surface area (TPSA) is 134 Å². The molecule has 8 nitrogen and oxygen atoms in total. The smallest absolute Gasteiger partial charge is 0.309 e. The summed E-state index contributed by atoms with van der Waals surface area (Å²) in [5.74, 6) is -1.31. The fourth-order valence-corrected chi connectivity index (χ4v) is 11.9. The summed E-state index contributed by atoms with van der Waals surface area (Å²) in [5, 5.41) is 47.4. The van der Waals surface area contributed by atoms with Gasteiger partial charge in [-0.1, -0.05) is 74.0 Å². The Hall–Kier alpha value is -1.48. The predicted molar refractivity (Wildman–Crippen MR) is 171 cm³/mol. The molecule has 4 fully saturated rings. The summed E-state index contributed by atoms with van der Waals surface area (Å²) in [4.78, 5) is 25.9. The number of allylic oxidation sites excluding steroid dienone is 1. The fourth-order valence-electron chi connectivity index (χ4n) is 11.9. The van der Waals surface area contributed by atoms with Crippen LogP contribution in [0.4, 0.5) is 0 Å². The number of hydrogen-bond donors (Lipinski definition) is 4. The number of aliphatic hydroxyl groups is 4. The van der Waals surface area contributed by atoms with Gasteiger partial charge in [0.1, 0.15) is 6.10 Å². The molecule has 45 heavy (non-hydrogen) atoms. The Kier molecular flexibility index (Phi) is 8.54. The molecular weight excluding hydrogens is 572 g/mol. The number of carbonyl (C=O) groups is 2. The van der Waals surface area contributed by atoms with E-state index in [2.05, 4.69) is 40.7 Å². The molecule has 5 rings (SSSR count). The molecule has 0 aliphatic heterocycles. The van der Waals surface area contributed by atoms with Crippen LogP contribution in [0.15, 0.2) is 11.6 Å². The Labute approximate surface area is 270 Å². The lowest BCUT2D eigenvalue weighted by Gasteiger charge is -2.73. The summed E-state index contributed by atoms with van der Waals surface area (Å²) in [6.07, 6.45) is 2.40. The molecule has 0 aromatic heterocycles. The molecule has 4 N–H and O–H groups in total. The van der Waals surface area contributed by atoms with E-state index in [9.17, 15) is 30.0 Å². The van der Waals surface area contributed by atoms with E-state index in [0.29, 0.717) is 18.8 Å². The summed E-state index contributed by atoms with van der Waals surface area (Å²) >= 11 is 0. The molecule has 256 valence electrons. The fraction of sp³-hybridized carbons (Fsp3) is 0.892. The summed E-state index contributed by atoms with van der Waals surface area (Å²) in [7, 11) is 0. The lowest BCUT2D eigenvalue weighted by molar-refractivity contribution is -0.293. The van der Waals surface area contributed by atoms with Crippen molar-refractivity contribution in [2.75, 3.05) is 6.61 Å². The van der Waals surface area contributed by atoms with Crippen molar-refractivity contribution in [3.8, 4) is 0 Å². The lowest BCUT2D eigenvalue weighted by atomic mass is 9.32. The standard InChI is InChI=1S/C37H60O8/c1-11-20(2)31(43)45-30-29(44-21(3)39)32(4,5)18-23-22-12-13-25-34(8)16-15-26(40)33(6,7)24(34)14-17-35(25,9)36(22,10)27(41)28(42)37(23,30)19-38/h12,20,23-30,38,40-42H,11,13-19H2,1-10H3/t20-,23+,24+,25-,26+,27+,28-,29+,30+,34+,35-,36+,37+/m1/s1. The van der Waals surface area contributed by atoms with E-state index in [1.54, 1.807) is 6.92 Å². The molecule has 13 atom stereocenters. The van der Waals surface area contributed by atoms with Crippen LogP contribution in [0.2, 0.25) is 0 Å². The van der Waals surface area contributed by atoms with E-state index in [0.717, 1.165) is 37.7 Å². The Bertz CT molecular complexity index is 1220. The van der Waals surface area contributed by atoms with Crippen LogP contribution in [-0.4, -0.2) is 69.5 Å². The van der Waals surface area contributed by atoms with Gasteiger partial charge in [-0.05, 0) is 78.9 Å². The molecule has 0 unspecified atom stereocenters. The van der Waals surface area contributed by atoms with Crippen LogP contribution in [0.25, 0.3) is 0 Å². The van der Waals surface area contributed by atoms with Gasteiger partial charge < -0.3 is 29.9 Å². The summed E-state index contributed by atoms with van der Waals surface area (Å²) in [6, 6.07) is 0. The normalized spacial score (nSPS) is 48.8. The van der Waals surface area contributed by atoms with E-state index < -0.39 is 71.0 Å². The third-order valence-electron chi connectivity index (χ3n) is 15.0. The van der Waals surface area contributed by atoms with Gasteiger partial charge in [0.15, 0.2) is 6.10 Å². The monoisotopic (exact) mass is 632 g/mol. The van der Waals surface area contributed by atoms with Gasteiger partial charge in [0.25, 0.3) is 0 Å². The molecule has 0 aromatic rings. The van der Waals surface area contributed by atoms with Crippen molar-refractivity contribution in [3.63, 3.8) is 0 Å². The van der Waals surface area contributed by atoms with Crippen LogP contribution in [0.3, 0.4) is 0 Å². The molecule has 5 aliphatic carbocycles. The second kappa shape index (κ2) is 11.0. The maximum atomic E-state index is 13.4. The highest BCUT2D eigenvalue weighted by Crippen LogP contribution is 2.76. The number of fused-ring (bicyclic) bond motifs is 7. The second-order valence-electron chi connectivity index (χ2n) is 17.6. The summed E-state index contributed by atoms with van der Waals surface area (Å²) < 4.78 is 12.1. The van der Waals surface area contributed by atoms with Gasteiger partial charge in [-0.25, -0.2) is 0 Å². The van der Waals surface area contributed by atoms with E-state index in [1.807, 2.05) is 20.8 Å². The van der Waals surface area contributed by atoms with Crippen LogP contribution in [0.5, 0.6) is 0 Å². The van der Waals surface area contributed by atoms with E-state index in [-0.39, 0.29) is 28.3 Å². The first-order chi connectivity index (χ1) is 20.7. The van der Waals surface area contributed by atoms with Gasteiger partial charge in [0, 0.05) is 17.8 Å². The molecule has 5 aliphatic rings. The zero-order valence-corrected chi connectivity index (χ0v) is 29.4. The lowest BCUT2D eigenvalue weighted by Crippen LogP contribution is -2.76. The van der Waals surface area contributed by atoms with Crippen LogP contribution in [0.1, 0.15) is 114 Å². The minimum Gasteiger partial charge on any atom is -0.458 e. The minimum atomic E-state index is -1.47. The number of ether oxygens (including phenoxy) is 2. The minimum absolute atomic E-state index is 0.0580. The van der Waals surface area contributed by atoms with Crippen LogP contribution >= 0.6 is 0 Å². The number of aliphatic hydroxyl groups excluding tert-OH is 4. The summed E-state index contributed by atoms with van der Waals surface area (Å²) in [5.41, 5.74) is -2.58. The number of hydrogen-bond acceptors (Lipinski definition) is 8. The Morgan fingerprint density at radius 2 is 1.58 bits per heavy atom. The van der Waals surface area contributed by atoms with E-state index >= 15 is 0 Å². The van der Waals surface area contributed by atoms with Crippen LogP contribution < -0.4 is 0 Å². The number of esters is 2. The second-order valence-corrected chi connectivity index (χ2v) is 17.6. The Balaban J connectivity index is 1.68. The van der Waals surface area contributed by atoms with Crippen molar-refractivity contribution in [2.45, 2.75) is 145 Å². The number of carbonyl (C=O) groups excluding carboxylic acids is 2. The molecule has 0 aromatic carbocycles. The Morgan fingerprint density at radius 3 is 2.16 bits per heavy atom. The molecule has 8 heteroatoms. The SMILES string of the molecule is CC[C@@H](C)C(=O)O[C@H]1[C@H](OC(C)=O)C(C)(C)C[C@H]2C3=CC[C@@H]4[C@@]5(C)CC[C@H](O)C(C)(C)[C@@H]5CC[C@@]4(C)[C@]3(C)[C@@H](O)[C@@H](O)[C@]21CO. The van der Waals surface area contributed by atoms with Gasteiger partial charge >= 0.3 is 11.9 Å². The highest BCUT2D eigenvalue weighted by atomic mass is 16.6. The molecular formula is C37H60O8. The average Bonchev–Trinajstić information content (AvgIpc) is 2.96. The van der Waals surface area contributed by atoms with Crippen molar-refractivity contribution in [3.05, 3.63) is 11.6 Å². The molecule has 4 saturated carbocycles. The Morgan fingerprint density at radius 1 is 0.933 bits per heavy atom. The molecule has 0 amide bonds. The van der Waals surface area contributed by atoms with Crippen molar-refractivity contribution in [1.29, 1.82) is 0 Å². The first kappa shape index (κ1) is 34.8. The number of rotatable bonds is 5. The molecule has 0 heterocycles. The van der Waals surface area contributed by atoms with Gasteiger partial charge in [-0.15, -0.1) is 0 Å². The highest BCUT2D eigenvalue weighted by Gasteiger charge is 2.76. The highest BCUT2D eigenvalue weighted by molar-refractivity contribution is 5.72. The van der Waals surface area contributed by atoms with Crippen molar-refractivity contribution >= 4 is 11.9 Å². The van der Waals surface area contributed by atoms with Crippen LogP contribution in [-0.2, 0) is 19.1 Å². The first-order valence-corrected chi connectivity index (χ1v) is 17.4. The largest absolute Gasteiger partial charge is 0.458 e. The van der Waals surface area contributed by atoms with E-state index in [4.69, 9.17) is 9.47 Å². The molecule has 0 radical (unpaired) electrons. The van der Waals surface area contributed by atoms with Gasteiger partial charge in [0.2, 0.25) is 0 Å². The van der Waals surface area contributed by atoms with Crippen LogP contribution in [0, 0.1) is 56.2 Å². The first-order valence-electron chi connectivity index (χ1n) is 17.4. The third-order valence-corrected chi connectivity index (χ3v) is 15.0. The molecule has 0 saturated heterocycles. The van der Waals surface area contributed by atoms with Crippen molar-refractivity contribution in [2.24, 2.45) is 56.2 Å². The van der Waals surface area contributed by atoms with Crippen molar-refractivity contribution < 1.29 is 39.5 Å². The zero-order valence-electron chi connectivity index (χ0n) is 29.4. The third kappa shape index (κ3) is 4.50. The average molecular weight is 633 g/mol. The molecule has 0 bridgehead atoms.